The molecular weight excluding hydrogens is 354 g/mol. The number of rotatable bonds is 5. The molecule has 8 nitrogen and oxygen atoms in total. The molecule has 0 unspecified atom stereocenters. The molecule has 140 valence electrons. The second kappa shape index (κ2) is 7.55. The number of nitrogens with zero attached hydrogens (tertiary/aromatic N) is 5. The number of aryl methyl sites for hydroxylation is 1. The van der Waals surface area contributed by atoms with Crippen molar-refractivity contribution in [2.75, 3.05) is 26.2 Å². The molecule has 1 aromatic heterocycles. The van der Waals surface area contributed by atoms with Crippen molar-refractivity contribution in [3.8, 4) is 0 Å². The molecule has 0 aliphatic carbocycles. The highest BCUT2D eigenvalue weighted by Gasteiger charge is 2.30. The Morgan fingerprint density at radius 1 is 1.15 bits per heavy atom. The zero-order chi connectivity index (χ0) is 18.7. The maximum Gasteiger partial charge on any atom is 0.243 e. The average molecular weight is 377 g/mol. The molecule has 1 aliphatic heterocycles. The van der Waals surface area contributed by atoms with E-state index in [0.717, 1.165) is 5.56 Å². The van der Waals surface area contributed by atoms with Crippen LogP contribution in [0.5, 0.6) is 0 Å². The van der Waals surface area contributed by atoms with Crippen molar-refractivity contribution in [3.05, 3.63) is 42.5 Å². The van der Waals surface area contributed by atoms with Crippen LogP contribution >= 0.6 is 0 Å². The molecular formula is C17H23N5O3S. The monoisotopic (exact) mass is 377 g/mol. The van der Waals surface area contributed by atoms with E-state index in [9.17, 15) is 13.2 Å². The number of carbonyl (C=O) groups excluding carboxylic acids is 1. The van der Waals surface area contributed by atoms with Gasteiger partial charge in [0.2, 0.25) is 15.9 Å². The number of piperazine rings is 1. The first kappa shape index (κ1) is 18.5. The predicted octanol–water partition coefficient (Wildman–Crippen LogP) is 1.07. The molecule has 0 radical (unpaired) electrons. The van der Waals surface area contributed by atoms with Gasteiger partial charge in [-0.15, -0.1) is 0 Å². The van der Waals surface area contributed by atoms with Gasteiger partial charge in [-0.25, -0.2) is 18.1 Å². The van der Waals surface area contributed by atoms with Gasteiger partial charge in [0.1, 0.15) is 12.7 Å². The summed E-state index contributed by atoms with van der Waals surface area (Å²) in [5.74, 6) is 0.000355. The Bertz CT molecular complexity index is 841. The van der Waals surface area contributed by atoms with Gasteiger partial charge in [0, 0.05) is 32.6 Å². The summed E-state index contributed by atoms with van der Waals surface area (Å²) in [6, 6.07) is 6.75. The molecule has 0 bridgehead atoms. The first-order valence-electron chi connectivity index (χ1n) is 8.56. The van der Waals surface area contributed by atoms with Crippen molar-refractivity contribution >= 4 is 15.9 Å². The minimum Gasteiger partial charge on any atom is -0.340 e. The highest BCUT2D eigenvalue weighted by Crippen LogP contribution is 2.19. The van der Waals surface area contributed by atoms with Crippen LogP contribution in [0.1, 0.15) is 24.9 Å². The maximum absolute atomic E-state index is 12.7. The van der Waals surface area contributed by atoms with E-state index in [1.807, 2.05) is 13.8 Å². The van der Waals surface area contributed by atoms with Crippen LogP contribution in [0.3, 0.4) is 0 Å². The summed E-state index contributed by atoms with van der Waals surface area (Å²) in [6.45, 7) is 5.23. The van der Waals surface area contributed by atoms with Crippen molar-refractivity contribution in [1.29, 1.82) is 0 Å². The zero-order valence-electron chi connectivity index (χ0n) is 14.9. The Labute approximate surface area is 153 Å². The molecule has 2 aromatic rings. The molecule has 2 heterocycles. The fourth-order valence-corrected chi connectivity index (χ4v) is 4.38. The van der Waals surface area contributed by atoms with Crippen LogP contribution in [0.4, 0.5) is 0 Å². The molecule has 1 amide bonds. The summed E-state index contributed by atoms with van der Waals surface area (Å²) >= 11 is 0. The molecule has 0 saturated carbocycles. The van der Waals surface area contributed by atoms with Gasteiger partial charge in [-0.1, -0.05) is 17.7 Å². The molecule has 0 spiro atoms. The van der Waals surface area contributed by atoms with Crippen molar-refractivity contribution in [3.63, 3.8) is 0 Å². The summed E-state index contributed by atoms with van der Waals surface area (Å²) in [7, 11) is -3.51. The van der Waals surface area contributed by atoms with Crippen LogP contribution in [0.15, 0.2) is 41.8 Å². The lowest BCUT2D eigenvalue weighted by molar-refractivity contribution is -0.133. The molecule has 0 N–H and O–H groups in total. The van der Waals surface area contributed by atoms with Crippen LogP contribution in [-0.4, -0.2) is 64.5 Å². The van der Waals surface area contributed by atoms with Crippen molar-refractivity contribution in [1.82, 2.24) is 24.0 Å². The van der Waals surface area contributed by atoms with E-state index in [2.05, 4.69) is 10.1 Å². The Balaban J connectivity index is 1.58. The summed E-state index contributed by atoms with van der Waals surface area (Å²) < 4.78 is 28.5. The topological polar surface area (TPSA) is 88.4 Å². The molecule has 1 aliphatic rings. The summed E-state index contributed by atoms with van der Waals surface area (Å²) in [4.78, 5) is 18.4. The first-order chi connectivity index (χ1) is 12.4. The van der Waals surface area contributed by atoms with Gasteiger partial charge in [0.05, 0.1) is 10.9 Å². The minimum atomic E-state index is -3.51. The molecule has 1 fully saturated rings. The first-order valence-corrected chi connectivity index (χ1v) is 10.0. The molecule has 1 atom stereocenters. The Morgan fingerprint density at radius 3 is 2.38 bits per heavy atom. The van der Waals surface area contributed by atoms with Crippen molar-refractivity contribution in [2.45, 2.75) is 31.2 Å². The van der Waals surface area contributed by atoms with E-state index in [1.54, 1.807) is 40.2 Å². The van der Waals surface area contributed by atoms with Gasteiger partial charge in [0.25, 0.3) is 0 Å². The third-order valence-electron chi connectivity index (χ3n) is 4.61. The number of benzene rings is 1. The number of aromatic nitrogens is 3. The second-order valence-corrected chi connectivity index (χ2v) is 8.46. The smallest absolute Gasteiger partial charge is 0.243 e. The number of sulfonamides is 1. The molecule has 3 rings (SSSR count). The largest absolute Gasteiger partial charge is 0.340 e. The van der Waals surface area contributed by atoms with Gasteiger partial charge in [-0.05, 0) is 26.0 Å². The molecule has 26 heavy (non-hydrogen) atoms. The Morgan fingerprint density at radius 2 is 1.81 bits per heavy atom. The predicted molar refractivity (Wildman–Crippen MR) is 95.9 cm³/mol. The SMILES string of the molecule is Cc1ccc(S(=O)(=O)N2CCN(C(=O)C[C@H](C)n3cncn3)CC2)cc1. The average Bonchev–Trinajstić information content (AvgIpc) is 3.17. The number of hydrogen-bond acceptors (Lipinski definition) is 5. The van der Waals surface area contributed by atoms with E-state index in [1.165, 1.54) is 10.6 Å². The van der Waals surface area contributed by atoms with E-state index in [4.69, 9.17) is 0 Å². The van der Waals surface area contributed by atoms with Gasteiger partial charge < -0.3 is 4.90 Å². The minimum absolute atomic E-state index is 0.000355. The van der Waals surface area contributed by atoms with Crippen molar-refractivity contribution in [2.24, 2.45) is 0 Å². The molecule has 9 heteroatoms. The van der Waals surface area contributed by atoms with E-state index in [-0.39, 0.29) is 11.9 Å². The lowest BCUT2D eigenvalue weighted by Crippen LogP contribution is -2.50. The van der Waals surface area contributed by atoms with Crippen molar-refractivity contribution < 1.29 is 13.2 Å². The lowest BCUT2D eigenvalue weighted by atomic mass is 10.2. The highest BCUT2D eigenvalue weighted by atomic mass is 32.2. The number of carbonyl (C=O) groups is 1. The third-order valence-corrected chi connectivity index (χ3v) is 6.52. The second-order valence-electron chi connectivity index (χ2n) is 6.53. The standard InChI is InChI=1S/C17H23N5O3S/c1-14-3-5-16(6-4-14)26(24,25)21-9-7-20(8-10-21)17(23)11-15(2)22-13-18-12-19-22/h3-6,12-13,15H,7-11H2,1-2H3/t15-/m0/s1. The Hall–Kier alpha value is -2.26. The van der Waals surface area contributed by atoms with Gasteiger partial charge in [-0.2, -0.15) is 9.40 Å². The van der Waals surface area contributed by atoms with Crippen LogP contribution in [0.25, 0.3) is 0 Å². The van der Waals surface area contributed by atoms with E-state index >= 15 is 0 Å². The highest BCUT2D eigenvalue weighted by molar-refractivity contribution is 7.89. The number of amides is 1. The van der Waals surface area contributed by atoms with Crippen LogP contribution in [0, 0.1) is 6.92 Å². The van der Waals surface area contributed by atoms with E-state index in [0.29, 0.717) is 37.5 Å². The fourth-order valence-electron chi connectivity index (χ4n) is 2.96. The van der Waals surface area contributed by atoms with Gasteiger partial charge in [0.15, 0.2) is 0 Å². The van der Waals surface area contributed by atoms with Gasteiger partial charge in [-0.3, -0.25) is 4.79 Å². The normalized spacial score (nSPS) is 17.2. The quantitative estimate of drug-likeness (QED) is 0.778. The van der Waals surface area contributed by atoms with Gasteiger partial charge >= 0.3 is 0 Å². The van der Waals surface area contributed by atoms with Crippen LogP contribution in [-0.2, 0) is 14.8 Å². The summed E-state index contributed by atoms with van der Waals surface area (Å²) in [5, 5.41) is 4.05. The van der Waals surface area contributed by atoms with Crippen LogP contribution in [0.2, 0.25) is 0 Å². The fraction of sp³-hybridized carbons (Fsp3) is 0.471. The summed E-state index contributed by atoms with van der Waals surface area (Å²) in [5.41, 5.74) is 1.01. The lowest BCUT2D eigenvalue weighted by Gasteiger charge is -2.34. The summed E-state index contributed by atoms with van der Waals surface area (Å²) in [6.07, 6.45) is 3.34. The van der Waals surface area contributed by atoms with E-state index < -0.39 is 10.0 Å². The zero-order valence-corrected chi connectivity index (χ0v) is 15.8. The van der Waals surface area contributed by atoms with Crippen LogP contribution < -0.4 is 0 Å². The molecule has 1 aromatic carbocycles. The Kier molecular flexibility index (Phi) is 5.38. The molecule has 1 saturated heterocycles. The maximum atomic E-state index is 12.7. The third kappa shape index (κ3) is 3.94. The number of hydrogen-bond donors (Lipinski definition) is 0.